The van der Waals surface area contributed by atoms with Crippen LogP contribution in [0.25, 0.3) is 22.3 Å². The molecule has 10 heteroatoms. The molecule has 212 valence electrons. The van der Waals surface area contributed by atoms with Gasteiger partial charge in [0, 0.05) is 23.7 Å². The summed E-state index contributed by atoms with van der Waals surface area (Å²) >= 11 is -1.10. The van der Waals surface area contributed by atoms with Crippen LogP contribution in [0.2, 0.25) is 19.6 Å². The number of pyridine rings is 1. The molecule has 0 aliphatic carbocycles. The second-order valence-electron chi connectivity index (χ2n) is 11.1. The Bertz CT molecular complexity index is 1720. The summed E-state index contributed by atoms with van der Waals surface area (Å²) in [6.45, 7) is 11.5. The molecule has 0 fully saturated rings. The maximum Gasteiger partial charge on any atom is 0.272 e. The predicted molar refractivity (Wildman–Crippen MR) is 172 cm³/mol. The number of anilines is 1. The fourth-order valence-corrected chi connectivity index (χ4v) is 8.50. The van der Waals surface area contributed by atoms with Gasteiger partial charge in [-0.15, -0.1) is 11.3 Å². The van der Waals surface area contributed by atoms with Crippen molar-refractivity contribution in [3.63, 3.8) is 0 Å². The molecule has 1 N–H and O–H groups in total. The summed E-state index contributed by atoms with van der Waals surface area (Å²) in [6, 6.07) is 20.9. The topological polar surface area (TPSA) is 88.3 Å². The minimum absolute atomic E-state index is 0.360. The molecule has 3 aromatic heterocycles. The number of nitrogens with zero attached hydrogens (tertiary/aromatic N) is 4. The standard InChI is InChI=1S/C31H34N4O3S2Si/c1-6-10-26-33-28-21(2)17-18-32-29(28)34(26)20-22-13-15-23(16-14-22)25-19-27(41(3,4)5)39-31(25)35(40(37)38)30(36)24-11-8-7-9-12-24/h7-9,11-19H,6,10,20H2,1-5H3,(H,37,38). The van der Waals surface area contributed by atoms with Crippen LogP contribution in [-0.4, -0.2) is 37.3 Å². The van der Waals surface area contributed by atoms with Gasteiger partial charge in [0.25, 0.3) is 17.2 Å². The SMILES string of the molecule is CCCc1nc2c(C)ccnc2n1Cc1ccc(-c2cc([Si](C)(C)C)sc2N(C(=O)c2ccccc2)S(=O)O)cc1. The van der Waals surface area contributed by atoms with E-state index < -0.39 is 25.2 Å². The number of carbonyl (C=O) groups excluding carboxylic acids is 1. The van der Waals surface area contributed by atoms with E-state index in [2.05, 4.69) is 61.2 Å². The van der Waals surface area contributed by atoms with Crippen LogP contribution in [0.3, 0.4) is 0 Å². The lowest BCUT2D eigenvalue weighted by molar-refractivity contribution is 0.101. The summed E-state index contributed by atoms with van der Waals surface area (Å²) in [4.78, 5) is 23.0. The average Bonchev–Trinajstić information content (AvgIpc) is 3.53. The first kappa shape index (κ1) is 29.1. The lowest BCUT2D eigenvalue weighted by Crippen LogP contribution is -2.35. The summed E-state index contributed by atoms with van der Waals surface area (Å²) in [7, 11) is -1.79. The molecule has 0 radical (unpaired) electrons. The predicted octanol–water partition coefficient (Wildman–Crippen LogP) is 6.80. The molecule has 0 bridgehead atoms. The molecule has 5 aromatic rings. The molecule has 7 nitrogen and oxygen atoms in total. The van der Waals surface area contributed by atoms with Gasteiger partial charge in [0.1, 0.15) is 16.3 Å². The van der Waals surface area contributed by atoms with Gasteiger partial charge in [0.05, 0.1) is 14.6 Å². The van der Waals surface area contributed by atoms with Gasteiger partial charge in [-0.05, 0) is 58.8 Å². The quantitative estimate of drug-likeness (QED) is 0.148. The van der Waals surface area contributed by atoms with E-state index in [1.54, 1.807) is 24.3 Å². The number of carbonyl (C=O) groups is 1. The Labute approximate surface area is 248 Å². The molecule has 0 spiro atoms. The third kappa shape index (κ3) is 5.96. The average molecular weight is 603 g/mol. The van der Waals surface area contributed by atoms with Gasteiger partial charge < -0.3 is 4.57 Å². The van der Waals surface area contributed by atoms with Crippen LogP contribution in [0.1, 0.15) is 40.7 Å². The van der Waals surface area contributed by atoms with E-state index in [0.717, 1.165) is 60.9 Å². The first-order valence-corrected chi connectivity index (χ1v) is 19.0. The number of fused-ring (bicyclic) bond motifs is 1. The van der Waals surface area contributed by atoms with Crippen molar-refractivity contribution in [2.45, 2.75) is 52.9 Å². The fourth-order valence-electron chi connectivity index (χ4n) is 4.78. The minimum atomic E-state index is -2.54. The van der Waals surface area contributed by atoms with Crippen molar-refractivity contribution >= 4 is 57.2 Å². The molecule has 41 heavy (non-hydrogen) atoms. The van der Waals surface area contributed by atoms with E-state index in [-0.39, 0.29) is 0 Å². The van der Waals surface area contributed by atoms with Crippen molar-refractivity contribution in [2.75, 3.05) is 4.31 Å². The number of hydrogen-bond acceptors (Lipinski definition) is 5. The first-order chi connectivity index (χ1) is 19.6. The molecule has 3 heterocycles. The smallest absolute Gasteiger partial charge is 0.272 e. The van der Waals surface area contributed by atoms with Gasteiger partial charge in [-0.3, -0.25) is 9.35 Å². The van der Waals surface area contributed by atoms with Crippen LogP contribution in [0, 0.1) is 6.92 Å². The Morgan fingerprint density at radius 2 is 1.78 bits per heavy atom. The number of aromatic nitrogens is 3. The third-order valence-corrected chi connectivity index (χ3v) is 12.5. The highest BCUT2D eigenvalue weighted by atomic mass is 32.2. The summed E-state index contributed by atoms with van der Waals surface area (Å²) in [5.41, 5.74) is 6.06. The number of benzene rings is 2. The minimum Gasteiger partial charge on any atom is -0.308 e. The maximum absolute atomic E-state index is 13.5. The van der Waals surface area contributed by atoms with E-state index >= 15 is 0 Å². The Morgan fingerprint density at radius 1 is 1.07 bits per heavy atom. The van der Waals surface area contributed by atoms with Crippen LogP contribution in [0.15, 0.2) is 72.9 Å². The number of thiophene rings is 1. The van der Waals surface area contributed by atoms with Crippen LogP contribution >= 0.6 is 11.3 Å². The first-order valence-electron chi connectivity index (χ1n) is 13.6. The van der Waals surface area contributed by atoms with Gasteiger partial charge >= 0.3 is 0 Å². The normalized spacial score (nSPS) is 12.5. The van der Waals surface area contributed by atoms with Gasteiger partial charge in [-0.25, -0.2) is 14.2 Å². The molecule has 0 saturated heterocycles. The van der Waals surface area contributed by atoms with Crippen molar-refractivity contribution in [3.05, 3.63) is 95.4 Å². The number of hydrogen-bond donors (Lipinski definition) is 1. The van der Waals surface area contributed by atoms with Gasteiger partial charge in [-0.1, -0.05) is 69.0 Å². The molecule has 0 aliphatic heterocycles. The third-order valence-electron chi connectivity index (χ3n) is 6.99. The van der Waals surface area contributed by atoms with Crippen LogP contribution in [0.4, 0.5) is 5.00 Å². The maximum atomic E-state index is 13.5. The van der Waals surface area contributed by atoms with Gasteiger partial charge in [0.15, 0.2) is 5.65 Å². The summed E-state index contributed by atoms with van der Waals surface area (Å²) < 4.78 is 27.3. The lowest BCUT2D eigenvalue weighted by Gasteiger charge is -2.19. The summed E-state index contributed by atoms with van der Waals surface area (Å²) in [5, 5.41) is 0.482. The van der Waals surface area contributed by atoms with Gasteiger partial charge in [-0.2, -0.15) is 4.31 Å². The highest BCUT2D eigenvalue weighted by Gasteiger charge is 2.31. The zero-order valence-corrected chi connectivity index (χ0v) is 26.6. The van der Waals surface area contributed by atoms with E-state index in [9.17, 15) is 13.6 Å². The molecule has 5 rings (SSSR count). The molecule has 0 saturated carbocycles. The Morgan fingerprint density at radius 3 is 2.41 bits per heavy atom. The zero-order chi connectivity index (χ0) is 29.3. The molecular formula is C31H34N4O3S2Si. The molecular weight excluding hydrogens is 569 g/mol. The zero-order valence-electron chi connectivity index (χ0n) is 23.9. The van der Waals surface area contributed by atoms with E-state index in [0.29, 0.717) is 17.1 Å². The van der Waals surface area contributed by atoms with Crippen LogP contribution in [0.5, 0.6) is 0 Å². The van der Waals surface area contributed by atoms with Crippen LogP contribution < -0.4 is 8.81 Å². The summed E-state index contributed by atoms with van der Waals surface area (Å²) in [6.07, 6.45) is 3.69. The fraction of sp³-hybridized carbons (Fsp3) is 0.258. The largest absolute Gasteiger partial charge is 0.308 e. The van der Waals surface area contributed by atoms with Crippen molar-refractivity contribution in [1.29, 1.82) is 0 Å². The second kappa shape index (κ2) is 11.8. The van der Waals surface area contributed by atoms with Crippen LogP contribution in [-0.2, 0) is 24.2 Å². The van der Waals surface area contributed by atoms with E-state index in [4.69, 9.17) is 4.98 Å². The monoisotopic (exact) mass is 602 g/mol. The Kier molecular flexibility index (Phi) is 8.37. The van der Waals surface area contributed by atoms with E-state index in [1.807, 2.05) is 30.5 Å². The Hall–Kier alpha value is -3.44. The Balaban J connectivity index is 1.54. The molecule has 1 amide bonds. The second-order valence-corrected chi connectivity index (χ2v) is 18.4. The van der Waals surface area contributed by atoms with Crippen molar-refractivity contribution in [2.24, 2.45) is 0 Å². The highest BCUT2D eigenvalue weighted by molar-refractivity contribution is 7.82. The van der Waals surface area contributed by atoms with E-state index in [1.165, 1.54) is 11.3 Å². The number of imidazole rings is 1. The number of amides is 1. The van der Waals surface area contributed by atoms with Gasteiger partial charge in [0.2, 0.25) is 0 Å². The molecule has 1 atom stereocenters. The molecule has 2 aromatic carbocycles. The lowest BCUT2D eigenvalue weighted by atomic mass is 10.1. The highest BCUT2D eigenvalue weighted by Crippen LogP contribution is 2.38. The molecule has 1 unspecified atom stereocenters. The number of rotatable bonds is 9. The van der Waals surface area contributed by atoms with Crippen molar-refractivity contribution in [1.82, 2.24) is 14.5 Å². The molecule has 0 aliphatic rings. The summed E-state index contributed by atoms with van der Waals surface area (Å²) in [5.74, 6) is 0.514. The number of aryl methyl sites for hydroxylation is 2. The van der Waals surface area contributed by atoms with Crippen molar-refractivity contribution < 1.29 is 13.6 Å². The van der Waals surface area contributed by atoms with Crippen molar-refractivity contribution in [3.8, 4) is 11.1 Å².